The summed E-state index contributed by atoms with van der Waals surface area (Å²) in [6, 6.07) is 0. The van der Waals surface area contributed by atoms with E-state index in [1.165, 1.54) is 0 Å². The quantitative estimate of drug-likeness (QED) is 0.373. The van der Waals surface area contributed by atoms with E-state index in [0.717, 1.165) is 6.26 Å². The van der Waals surface area contributed by atoms with Gasteiger partial charge in [0.1, 0.15) is 0 Å². The van der Waals surface area contributed by atoms with Gasteiger partial charge < -0.3 is 9.47 Å². The van der Waals surface area contributed by atoms with E-state index in [-0.39, 0.29) is 0 Å². The van der Waals surface area contributed by atoms with E-state index in [1.54, 1.807) is 0 Å². The van der Waals surface area contributed by atoms with Crippen molar-refractivity contribution in [3.63, 3.8) is 0 Å². The molecule has 0 heterocycles. The zero-order valence-corrected chi connectivity index (χ0v) is 8.22. The number of hydrogen-bond donors (Lipinski definition) is 0. The van der Waals surface area contributed by atoms with Crippen molar-refractivity contribution >= 4 is 14.2 Å². The smallest absolute Gasteiger partial charge is 0.438 e. The summed E-state index contributed by atoms with van der Waals surface area (Å²) in [5.41, 5.74) is 0. The summed E-state index contributed by atoms with van der Waals surface area (Å²) in [4.78, 5) is 10.6. The van der Waals surface area contributed by atoms with Crippen LogP contribution in [0.4, 0.5) is 4.79 Å². The molecule has 0 fully saturated rings. The van der Waals surface area contributed by atoms with Crippen LogP contribution in [0.1, 0.15) is 0 Å². The second-order valence-electron chi connectivity index (χ2n) is 3.38. The highest BCUT2D eigenvalue weighted by molar-refractivity contribution is 6.76. The Labute approximate surface area is 68.0 Å². The maximum atomic E-state index is 10.6. The summed E-state index contributed by atoms with van der Waals surface area (Å²) in [6.45, 7) is 9.55. The SMILES string of the molecule is C=COC(=O)OC[Si](C)(C)C. The molecule has 0 aliphatic rings. The second-order valence-corrected chi connectivity index (χ2v) is 8.79. The third kappa shape index (κ3) is 7.12. The summed E-state index contributed by atoms with van der Waals surface area (Å²) in [6.07, 6.45) is 0.883. The van der Waals surface area contributed by atoms with Crippen LogP contribution in [-0.4, -0.2) is 20.5 Å². The molecule has 0 aromatic carbocycles. The Bertz CT molecular complexity index is 148. The number of ether oxygens (including phenoxy) is 2. The minimum absolute atomic E-state index is 0.486. The molecule has 11 heavy (non-hydrogen) atoms. The minimum Gasteiger partial charge on any atom is -0.438 e. The summed E-state index contributed by atoms with van der Waals surface area (Å²) in [7, 11) is -1.31. The van der Waals surface area contributed by atoms with Crippen LogP contribution in [0.3, 0.4) is 0 Å². The predicted molar refractivity (Wildman–Crippen MR) is 46.0 cm³/mol. The van der Waals surface area contributed by atoms with Crippen molar-refractivity contribution < 1.29 is 14.3 Å². The maximum Gasteiger partial charge on any atom is 0.512 e. The highest BCUT2D eigenvalue weighted by Gasteiger charge is 2.16. The molecule has 0 bridgehead atoms. The van der Waals surface area contributed by atoms with Crippen LogP contribution in [0.25, 0.3) is 0 Å². The molecule has 0 amide bonds. The van der Waals surface area contributed by atoms with Gasteiger partial charge in [-0.15, -0.1) is 0 Å². The molecule has 0 saturated heterocycles. The Kier molecular flexibility index (Phi) is 3.88. The maximum absolute atomic E-state index is 10.6. The summed E-state index contributed by atoms with van der Waals surface area (Å²) >= 11 is 0. The average molecular weight is 174 g/mol. The number of carbonyl (C=O) groups is 1. The molecule has 0 spiro atoms. The molecule has 0 aromatic rings. The first-order chi connectivity index (χ1) is 4.95. The molecule has 0 N–H and O–H groups in total. The first kappa shape index (κ1) is 10.2. The van der Waals surface area contributed by atoms with E-state index in [2.05, 4.69) is 31.0 Å². The molecule has 0 aliphatic heterocycles. The van der Waals surface area contributed by atoms with Gasteiger partial charge in [-0.3, -0.25) is 0 Å². The van der Waals surface area contributed by atoms with Crippen molar-refractivity contribution in [1.82, 2.24) is 0 Å². The number of rotatable bonds is 3. The highest BCUT2D eigenvalue weighted by Crippen LogP contribution is 2.01. The standard InChI is InChI=1S/C7H14O3Si/c1-5-9-7(8)10-6-11(2,3)4/h5H,1,6H2,2-4H3. The molecule has 4 heteroatoms. The lowest BCUT2D eigenvalue weighted by molar-refractivity contribution is 0.0981. The lowest BCUT2D eigenvalue weighted by Crippen LogP contribution is -2.29. The van der Waals surface area contributed by atoms with E-state index in [1.807, 2.05) is 0 Å². The van der Waals surface area contributed by atoms with Crippen LogP contribution in [0.15, 0.2) is 12.8 Å². The van der Waals surface area contributed by atoms with Gasteiger partial charge in [-0.2, -0.15) is 0 Å². The molecular formula is C7H14O3Si. The number of hydrogen-bond acceptors (Lipinski definition) is 3. The second kappa shape index (κ2) is 4.18. The van der Waals surface area contributed by atoms with Crippen molar-refractivity contribution in [2.75, 3.05) is 6.23 Å². The fourth-order valence-electron chi connectivity index (χ4n) is 0.377. The van der Waals surface area contributed by atoms with E-state index in [0.29, 0.717) is 6.23 Å². The van der Waals surface area contributed by atoms with Crippen LogP contribution in [0.5, 0.6) is 0 Å². The van der Waals surface area contributed by atoms with Gasteiger partial charge in [0, 0.05) is 0 Å². The minimum atomic E-state index is -1.31. The molecule has 0 atom stereocenters. The van der Waals surface area contributed by atoms with Gasteiger partial charge in [0.15, 0.2) is 0 Å². The van der Waals surface area contributed by atoms with Gasteiger partial charge in [0.05, 0.1) is 20.6 Å². The van der Waals surface area contributed by atoms with Gasteiger partial charge >= 0.3 is 6.16 Å². The Morgan fingerprint density at radius 2 is 2.09 bits per heavy atom. The lowest BCUT2D eigenvalue weighted by Gasteiger charge is -2.14. The fourth-order valence-corrected chi connectivity index (χ4v) is 0.928. The first-order valence-electron chi connectivity index (χ1n) is 3.40. The summed E-state index contributed by atoms with van der Waals surface area (Å²) < 4.78 is 9.14. The summed E-state index contributed by atoms with van der Waals surface area (Å²) in [5, 5.41) is 0. The lowest BCUT2D eigenvalue weighted by atomic mass is 11.1. The van der Waals surface area contributed by atoms with Crippen LogP contribution >= 0.6 is 0 Å². The average Bonchev–Trinajstić information content (AvgIpc) is 1.83. The third-order valence-corrected chi connectivity index (χ3v) is 1.81. The van der Waals surface area contributed by atoms with E-state index >= 15 is 0 Å². The topological polar surface area (TPSA) is 35.5 Å². The van der Waals surface area contributed by atoms with Gasteiger partial charge in [-0.05, 0) is 0 Å². The van der Waals surface area contributed by atoms with Gasteiger partial charge in [0.2, 0.25) is 0 Å². The van der Waals surface area contributed by atoms with Crippen LogP contribution in [0, 0.1) is 0 Å². The fraction of sp³-hybridized carbons (Fsp3) is 0.571. The molecule has 0 unspecified atom stereocenters. The molecule has 0 aromatic heterocycles. The normalized spacial score (nSPS) is 10.5. The number of carbonyl (C=O) groups excluding carboxylic acids is 1. The van der Waals surface area contributed by atoms with Crippen molar-refractivity contribution in [3.05, 3.63) is 12.8 Å². The van der Waals surface area contributed by atoms with Crippen molar-refractivity contribution in [1.29, 1.82) is 0 Å². The Morgan fingerprint density at radius 3 is 2.45 bits per heavy atom. The Morgan fingerprint density at radius 1 is 1.55 bits per heavy atom. The van der Waals surface area contributed by atoms with Crippen LogP contribution in [0.2, 0.25) is 19.6 Å². The largest absolute Gasteiger partial charge is 0.512 e. The monoisotopic (exact) mass is 174 g/mol. The highest BCUT2D eigenvalue weighted by atomic mass is 28.3. The first-order valence-corrected chi connectivity index (χ1v) is 7.11. The van der Waals surface area contributed by atoms with Gasteiger partial charge in [-0.1, -0.05) is 26.2 Å². The molecule has 0 saturated carbocycles. The molecule has 0 rings (SSSR count). The van der Waals surface area contributed by atoms with Crippen molar-refractivity contribution in [2.45, 2.75) is 19.6 Å². The molecule has 3 nitrogen and oxygen atoms in total. The predicted octanol–water partition coefficient (Wildman–Crippen LogP) is 2.16. The molecule has 0 aliphatic carbocycles. The van der Waals surface area contributed by atoms with Crippen molar-refractivity contribution in [2.24, 2.45) is 0 Å². The van der Waals surface area contributed by atoms with Gasteiger partial charge in [-0.25, -0.2) is 4.79 Å². The van der Waals surface area contributed by atoms with E-state index in [9.17, 15) is 4.79 Å². The van der Waals surface area contributed by atoms with Crippen LogP contribution in [-0.2, 0) is 9.47 Å². The Hall–Kier alpha value is -0.773. The van der Waals surface area contributed by atoms with Crippen LogP contribution < -0.4 is 0 Å². The van der Waals surface area contributed by atoms with E-state index in [4.69, 9.17) is 4.74 Å². The zero-order chi connectivity index (χ0) is 8.91. The molecule has 0 radical (unpaired) electrons. The van der Waals surface area contributed by atoms with Crippen molar-refractivity contribution in [3.8, 4) is 0 Å². The Balaban J connectivity index is 3.54. The van der Waals surface area contributed by atoms with E-state index < -0.39 is 14.2 Å². The molecule has 64 valence electrons. The zero-order valence-electron chi connectivity index (χ0n) is 7.22. The van der Waals surface area contributed by atoms with Gasteiger partial charge in [0.25, 0.3) is 0 Å². The molecular weight excluding hydrogens is 160 g/mol. The summed E-state index contributed by atoms with van der Waals surface area (Å²) in [5.74, 6) is 0. The third-order valence-electron chi connectivity index (χ3n) is 0.803.